The number of hydrogen-bond donors (Lipinski definition) is 13. The molecule has 0 bridgehead atoms. The molecule has 0 rings (SSSR count). The number of aliphatic carboxylic acids is 4. The fourth-order valence-corrected chi connectivity index (χ4v) is 4.95. The van der Waals surface area contributed by atoms with Crippen molar-refractivity contribution < 1.29 is 78.3 Å². The second kappa shape index (κ2) is 25.4. The van der Waals surface area contributed by atoms with E-state index in [0.717, 1.165) is 6.92 Å². The fraction of sp³-hybridized carbons (Fsp3) is 0.676. The molecule has 24 heteroatoms. The molecule has 0 unspecified atom stereocenters. The van der Waals surface area contributed by atoms with Gasteiger partial charge in [-0.25, -0.2) is 4.79 Å². The van der Waals surface area contributed by atoms with Crippen LogP contribution in [0.25, 0.3) is 0 Å². The summed E-state index contributed by atoms with van der Waals surface area (Å²) in [5, 5.41) is 61.6. The van der Waals surface area contributed by atoms with E-state index in [9.17, 15) is 63.0 Å². The number of hydrogen-bond acceptors (Lipinski definition) is 13. The SMILES string of the molecule is CC[C@H](C)[C@H](NC(=O)[C@H](C)NC(=O)[C@H](CC(=O)O)NC(=O)[C@H](CC(=O)O)NC(=O)[C@H](CCC(=O)O)NC(=O)[C@@H](N)CC(C)C)C(=O)N[C@@H](C)C(=O)N[C@@H](CO)C(=O)O. The number of aliphatic hydroxyl groups excluding tert-OH is 1. The molecule has 0 saturated heterocycles. The maximum atomic E-state index is 13.3. The largest absolute Gasteiger partial charge is 0.481 e. The number of carbonyl (C=O) groups excluding carboxylic acids is 7. The Balaban J connectivity index is 6.06. The Morgan fingerprint density at radius 1 is 0.517 bits per heavy atom. The molecule has 0 aromatic heterocycles. The summed E-state index contributed by atoms with van der Waals surface area (Å²) in [5.74, 6) is -14.3. The Bertz CT molecular complexity index is 1520. The number of nitrogens with one attached hydrogen (secondary N) is 7. The molecule has 24 nitrogen and oxygen atoms in total. The molecule has 0 aromatic rings. The highest BCUT2D eigenvalue weighted by atomic mass is 16.4. The summed E-state index contributed by atoms with van der Waals surface area (Å²) >= 11 is 0. The third-order valence-corrected chi connectivity index (χ3v) is 8.46. The lowest BCUT2D eigenvalue weighted by Crippen LogP contribution is -2.60. The number of nitrogens with two attached hydrogens (primary N) is 1. The minimum atomic E-state index is -2.00. The summed E-state index contributed by atoms with van der Waals surface area (Å²) in [6.45, 7) is 8.20. The fourth-order valence-electron chi connectivity index (χ4n) is 4.95. The molecule has 0 heterocycles. The molecule has 7 amide bonds. The molecule has 9 atom stereocenters. The maximum absolute atomic E-state index is 13.3. The predicted octanol–water partition coefficient (Wildman–Crippen LogP) is -4.27. The lowest BCUT2D eigenvalue weighted by atomic mass is 9.97. The van der Waals surface area contributed by atoms with Gasteiger partial charge in [0, 0.05) is 6.42 Å². The number of carbonyl (C=O) groups is 11. The molecular weight excluding hydrogens is 776 g/mol. The average molecular weight is 833 g/mol. The zero-order valence-electron chi connectivity index (χ0n) is 33.0. The van der Waals surface area contributed by atoms with Crippen molar-refractivity contribution in [1.29, 1.82) is 0 Å². The van der Waals surface area contributed by atoms with Crippen LogP contribution in [-0.4, -0.2) is 146 Å². The van der Waals surface area contributed by atoms with Crippen molar-refractivity contribution in [3.8, 4) is 0 Å². The van der Waals surface area contributed by atoms with Crippen LogP contribution in [0.1, 0.15) is 80.1 Å². The van der Waals surface area contributed by atoms with Gasteiger partial charge < -0.3 is 68.5 Å². The first-order chi connectivity index (χ1) is 26.8. The van der Waals surface area contributed by atoms with Gasteiger partial charge in [0.15, 0.2) is 0 Å². The van der Waals surface area contributed by atoms with Crippen LogP contribution in [-0.2, 0) is 52.7 Å². The standard InChI is InChI=1S/C34H56N8O16/c1-7-15(4)26(33(56)37-16(5)27(50)41-22(13-43)34(57)58)42-28(51)17(6)36-31(54)20(11-24(46)47)40-32(55)21(12-25(48)49)39-30(53)19(8-9-23(44)45)38-29(52)18(35)10-14(2)3/h14-22,26,43H,7-13,35H2,1-6H3,(H,36,54)(H,37,56)(H,38,52)(H,39,53)(H,40,55)(H,41,50)(H,42,51)(H,44,45)(H,46,47)(H,48,49)(H,57,58)/t15-,16-,17-,18-,19-,20-,21-,22-,26-/m0/s1. The Labute approximate surface area is 333 Å². The quantitative estimate of drug-likeness (QED) is 0.0373. The van der Waals surface area contributed by atoms with Crippen LogP contribution < -0.4 is 43.0 Å². The van der Waals surface area contributed by atoms with Gasteiger partial charge >= 0.3 is 23.9 Å². The van der Waals surface area contributed by atoms with Gasteiger partial charge in [0.1, 0.15) is 42.3 Å². The van der Waals surface area contributed by atoms with Gasteiger partial charge in [-0.3, -0.25) is 47.9 Å². The van der Waals surface area contributed by atoms with Crippen LogP contribution >= 0.6 is 0 Å². The Morgan fingerprint density at radius 3 is 1.34 bits per heavy atom. The van der Waals surface area contributed by atoms with E-state index >= 15 is 0 Å². The van der Waals surface area contributed by atoms with E-state index in [1.807, 2.05) is 10.6 Å². The number of rotatable bonds is 27. The summed E-state index contributed by atoms with van der Waals surface area (Å²) in [7, 11) is 0. The molecule has 0 radical (unpaired) electrons. The second-order valence-electron chi connectivity index (χ2n) is 14.0. The van der Waals surface area contributed by atoms with E-state index in [1.54, 1.807) is 27.7 Å². The van der Waals surface area contributed by atoms with Gasteiger partial charge in [-0.15, -0.1) is 0 Å². The molecule has 14 N–H and O–H groups in total. The van der Waals surface area contributed by atoms with Crippen LogP contribution in [0.4, 0.5) is 0 Å². The summed E-state index contributed by atoms with van der Waals surface area (Å²) in [6.07, 6.45) is -2.87. The lowest BCUT2D eigenvalue weighted by molar-refractivity contribution is -0.143. The molecule has 328 valence electrons. The molecule has 0 aliphatic carbocycles. The van der Waals surface area contributed by atoms with Gasteiger partial charge in [-0.1, -0.05) is 34.1 Å². The van der Waals surface area contributed by atoms with E-state index < -0.39 is 152 Å². The first-order valence-electron chi connectivity index (χ1n) is 18.2. The van der Waals surface area contributed by atoms with Crippen LogP contribution in [0.5, 0.6) is 0 Å². The number of carboxylic acids is 4. The molecular formula is C34H56N8O16. The van der Waals surface area contributed by atoms with Crippen molar-refractivity contribution in [2.45, 2.75) is 128 Å². The highest BCUT2D eigenvalue weighted by Crippen LogP contribution is 2.10. The maximum Gasteiger partial charge on any atom is 0.328 e. The van der Waals surface area contributed by atoms with Crippen LogP contribution in [0.3, 0.4) is 0 Å². The smallest absolute Gasteiger partial charge is 0.328 e. The Kier molecular flexibility index (Phi) is 22.8. The number of aliphatic hydroxyl groups is 1. The van der Waals surface area contributed by atoms with Crippen molar-refractivity contribution in [3.05, 3.63) is 0 Å². The molecule has 0 aliphatic heterocycles. The van der Waals surface area contributed by atoms with Crippen molar-refractivity contribution >= 4 is 65.2 Å². The van der Waals surface area contributed by atoms with Crippen molar-refractivity contribution in [1.82, 2.24) is 37.2 Å². The van der Waals surface area contributed by atoms with Crippen LogP contribution in [0, 0.1) is 11.8 Å². The van der Waals surface area contributed by atoms with Crippen LogP contribution in [0.2, 0.25) is 0 Å². The minimum Gasteiger partial charge on any atom is -0.481 e. The number of amides is 7. The zero-order chi connectivity index (χ0) is 45.0. The molecule has 58 heavy (non-hydrogen) atoms. The Hall–Kier alpha value is -5.91. The zero-order valence-corrected chi connectivity index (χ0v) is 33.0. The third-order valence-electron chi connectivity index (χ3n) is 8.46. The van der Waals surface area contributed by atoms with Gasteiger partial charge in [0.2, 0.25) is 41.4 Å². The molecule has 0 fully saturated rings. The lowest BCUT2D eigenvalue weighted by Gasteiger charge is -2.28. The monoisotopic (exact) mass is 832 g/mol. The van der Waals surface area contributed by atoms with Crippen molar-refractivity contribution in [2.24, 2.45) is 17.6 Å². The van der Waals surface area contributed by atoms with E-state index in [-0.39, 0.29) is 12.3 Å². The average Bonchev–Trinajstić information content (AvgIpc) is 3.11. The molecule has 0 spiro atoms. The first kappa shape index (κ1) is 52.1. The predicted molar refractivity (Wildman–Crippen MR) is 198 cm³/mol. The van der Waals surface area contributed by atoms with Crippen LogP contribution in [0.15, 0.2) is 0 Å². The summed E-state index contributed by atoms with van der Waals surface area (Å²) in [4.78, 5) is 137. The third kappa shape index (κ3) is 19.3. The van der Waals surface area contributed by atoms with E-state index in [1.165, 1.54) is 6.92 Å². The normalized spacial score (nSPS) is 15.6. The van der Waals surface area contributed by atoms with Crippen molar-refractivity contribution in [3.63, 3.8) is 0 Å². The van der Waals surface area contributed by atoms with Gasteiger partial charge in [-0.05, 0) is 38.5 Å². The second-order valence-corrected chi connectivity index (χ2v) is 14.0. The minimum absolute atomic E-state index is 0.0381. The molecule has 0 aromatic carbocycles. The molecule has 0 aliphatic rings. The topological polar surface area (TPSA) is 399 Å². The van der Waals surface area contributed by atoms with Crippen molar-refractivity contribution in [2.75, 3.05) is 6.61 Å². The Morgan fingerprint density at radius 2 is 0.931 bits per heavy atom. The number of carboxylic acid groups (broad SMARTS) is 4. The highest BCUT2D eigenvalue weighted by molar-refractivity contribution is 5.99. The molecule has 0 saturated carbocycles. The van der Waals surface area contributed by atoms with Gasteiger partial charge in [-0.2, -0.15) is 0 Å². The van der Waals surface area contributed by atoms with E-state index in [2.05, 4.69) is 26.6 Å². The first-order valence-corrected chi connectivity index (χ1v) is 18.2. The summed E-state index contributed by atoms with van der Waals surface area (Å²) in [5.41, 5.74) is 5.86. The van der Waals surface area contributed by atoms with Gasteiger partial charge in [0.05, 0.1) is 25.5 Å². The highest BCUT2D eigenvalue weighted by Gasteiger charge is 2.35. The van der Waals surface area contributed by atoms with E-state index in [0.29, 0.717) is 6.42 Å². The van der Waals surface area contributed by atoms with E-state index in [4.69, 9.17) is 21.1 Å². The van der Waals surface area contributed by atoms with Gasteiger partial charge in [0.25, 0.3) is 0 Å². The summed E-state index contributed by atoms with van der Waals surface area (Å²) in [6, 6.07) is -12.5. The summed E-state index contributed by atoms with van der Waals surface area (Å²) < 4.78 is 0.